The molecule has 2 aromatic heterocycles. The van der Waals surface area contributed by atoms with Crippen molar-refractivity contribution in [1.29, 1.82) is 0 Å². The zero-order valence-electron chi connectivity index (χ0n) is 14.1. The number of fused-ring (bicyclic) bond motifs is 1. The number of ether oxygens (including phenoxy) is 1. The van der Waals surface area contributed by atoms with Crippen molar-refractivity contribution in [3.63, 3.8) is 0 Å². The Bertz CT molecular complexity index is 1100. The average Bonchev–Trinajstić information content (AvgIpc) is 3.02. The first-order chi connectivity index (χ1) is 11.8. The zero-order valence-corrected chi connectivity index (χ0v) is 14.9. The highest BCUT2D eigenvalue weighted by atomic mass is 32.2. The number of hydrogen-bond donors (Lipinski definition) is 1. The lowest BCUT2D eigenvalue weighted by molar-refractivity contribution is 0.342. The van der Waals surface area contributed by atoms with Gasteiger partial charge in [0.25, 0.3) is 15.6 Å². The molecule has 0 saturated heterocycles. The number of sulfonamides is 1. The summed E-state index contributed by atoms with van der Waals surface area (Å²) in [5.41, 5.74) is 0.206. The van der Waals surface area contributed by atoms with Crippen LogP contribution >= 0.6 is 0 Å². The molecule has 0 saturated carbocycles. The van der Waals surface area contributed by atoms with E-state index in [1.807, 2.05) is 6.92 Å². The van der Waals surface area contributed by atoms with Gasteiger partial charge in [-0.05, 0) is 32.0 Å². The fourth-order valence-electron chi connectivity index (χ4n) is 2.53. The Morgan fingerprint density at radius 3 is 2.72 bits per heavy atom. The quantitative estimate of drug-likeness (QED) is 0.743. The fraction of sp³-hybridized carbons (Fsp3) is 0.250. The Kier molecular flexibility index (Phi) is 4.25. The lowest BCUT2D eigenvalue weighted by Gasteiger charge is -2.11. The Labute approximate surface area is 144 Å². The van der Waals surface area contributed by atoms with Crippen molar-refractivity contribution in [3.05, 3.63) is 52.7 Å². The van der Waals surface area contributed by atoms with Gasteiger partial charge in [0.2, 0.25) is 0 Å². The average molecular weight is 362 g/mol. The highest BCUT2D eigenvalue weighted by molar-refractivity contribution is 7.92. The van der Waals surface area contributed by atoms with Crippen molar-refractivity contribution in [2.45, 2.75) is 18.7 Å². The van der Waals surface area contributed by atoms with Crippen LogP contribution in [-0.2, 0) is 17.1 Å². The van der Waals surface area contributed by atoms with Crippen molar-refractivity contribution < 1.29 is 13.2 Å². The number of anilines is 1. The highest BCUT2D eigenvalue weighted by Crippen LogP contribution is 2.27. The molecule has 0 amide bonds. The van der Waals surface area contributed by atoms with Crippen LogP contribution in [-0.4, -0.2) is 29.2 Å². The van der Waals surface area contributed by atoms with E-state index in [4.69, 9.17) is 4.74 Å². The van der Waals surface area contributed by atoms with Gasteiger partial charge in [0, 0.05) is 13.2 Å². The molecule has 0 bridgehead atoms. The minimum atomic E-state index is -3.89. The summed E-state index contributed by atoms with van der Waals surface area (Å²) in [7, 11) is -2.37. The third-order valence-corrected chi connectivity index (χ3v) is 5.03. The molecule has 3 aromatic rings. The van der Waals surface area contributed by atoms with E-state index in [9.17, 15) is 13.2 Å². The van der Waals surface area contributed by atoms with Gasteiger partial charge in [-0.2, -0.15) is 5.10 Å². The third kappa shape index (κ3) is 3.10. The Balaban J connectivity index is 2.07. The van der Waals surface area contributed by atoms with E-state index in [0.29, 0.717) is 23.9 Å². The largest absolute Gasteiger partial charge is 0.492 e. The van der Waals surface area contributed by atoms with Crippen molar-refractivity contribution >= 4 is 21.2 Å². The van der Waals surface area contributed by atoms with Crippen LogP contribution in [0.5, 0.6) is 5.75 Å². The summed E-state index contributed by atoms with van der Waals surface area (Å²) in [5, 5.41) is 4.05. The Morgan fingerprint density at radius 1 is 1.28 bits per heavy atom. The number of hydrogen-bond acceptors (Lipinski definition) is 5. The predicted octanol–water partition coefficient (Wildman–Crippen LogP) is 1.54. The van der Waals surface area contributed by atoms with Gasteiger partial charge in [0.1, 0.15) is 22.0 Å². The van der Waals surface area contributed by atoms with E-state index in [1.54, 1.807) is 31.2 Å². The topological polar surface area (TPSA) is 94.7 Å². The zero-order chi connectivity index (χ0) is 18.2. The first-order valence-electron chi connectivity index (χ1n) is 7.64. The summed E-state index contributed by atoms with van der Waals surface area (Å²) in [6, 6.07) is 8.10. The normalized spacial score (nSPS) is 11.6. The minimum Gasteiger partial charge on any atom is -0.492 e. The maximum Gasteiger partial charge on any atom is 0.290 e. The molecule has 0 unspecified atom stereocenters. The van der Waals surface area contributed by atoms with Crippen LogP contribution in [0.3, 0.4) is 0 Å². The molecular formula is C16H18N4O4S. The lowest BCUT2D eigenvalue weighted by Crippen LogP contribution is -2.22. The summed E-state index contributed by atoms with van der Waals surface area (Å²) in [6.07, 6.45) is 1.38. The molecule has 0 aliphatic rings. The van der Waals surface area contributed by atoms with Crippen LogP contribution in [0.1, 0.15) is 12.7 Å². The van der Waals surface area contributed by atoms with Crippen LogP contribution in [0.25, 0.3) is 5.52 Å². The maximum atomic E-state index is 12.7. The smallest absolute Gasteiger partial charge is 0.290 e. The van der Waals surface area contributed by atoms with Crippen LogP contribution in [0.4, 0.5) is 5.69 Å². The second-order valence-electron chi connectivity index (χ2n) is 5.44. The first-order valence-corrected chi connectivity index (χ1v) is 9.12. The Hall–Kier alpha value is -2.81. The van der Waals surface area contributed by atoms with Gasteiger partial charge in [-0.3, -0.25) is 13.9 Å². The maximum absolute atomic E-state index is 12.7. The molecule has 0 aliphatic heterocycles. The van der Waals surface area contributed by atoms with E-state index >= 15 is 0 Å². The van der Waals surface area contributed by atoms with Crippen LogP contribution in [0.15, 0.2) is 46.2 Å². The molecule has 2 heterocycles. The van der Waals surface area contributed by atoms with E-state index in [-0.39, 0.29) is 16.0 Å². The summed E-state index contributed by atoms with van der Waals surface area (Å²) < 4.78 is 36.0. The van der Waals surface area contributed by atoms with E-state index < -0.39 is 10.0 Å². The van der Waals surface area contributed by atoms with Crippen LogP contribution in [0, 0.1) is 6.92 Å². The van der Waals surface area contributed by atoms with Crippen molar-refractivity contribution in [2.75, 3.05) is 11.3 Å². The number of nitrogens with zero attached hydrogens (tertiary/aromatic N) is 3. The van der Waals surface area contributed by atoms with Crippen molar-refractivity contribution in [2.24, 2.45) is 7.05 Å². The third-order valence-electron chi connectivity index (χ3n) is 3.69. The molecule has 0 aliphatic carbocycles. The molecule has 1 N–H and O–H groups in total. The number of nitrogens with one attached hydrogen (secondary N) is 1. The molecule has 3 rings (SSSR count). The molecule has 8 nitrogen and oxygen atoms in total. The number of para-hydroxylation sites is 2. The SMILES string of the molecule is CCOc1ccccc1NS(=O)(=O)c1cc2c(=O)n(C)nc(C)n2c1. The van der Waals surface area contributed by atoms with E-state index in [1.165, 1.54) is 28.4 Å². The summed E-state index contributed by atoms with van der Waals surface area (Å²) in [6.45, 7) is 3.92. The number of benzene rings is 1. The lowest BCUT2D eigenvalue weighted by atomic mass is 10.3. The standard InChI is InChI=1S/C16H18N4O4S/c1-4-24-15-8-6-5-7-13(15)18-25(22,23)12-9-14-16(21)19(3)17-11(2)20(14)10-12/h5-10,18H,4H2,1-3H3. The van der Waals surface area contributed by atoms with Gasteiger partial charge in [-0.25, -0.2) is 13.1 Å². The van der Waals surface area contributed by atoms with Gasteiger partial charge in [-0.15, -0.1) is 0 Å². The van der Waals surface area contributed by atoms with Gasteiger partial charge < -0.3 is 4.74 Å². The molecule has 1 aromatic carbocycles. The molecule has 25 heavy (non-hydrogen) atoms. The Morgan fingerprint density at radius 2 is 2.00 bits per heavy atom. The highest BCUT2D eigenvalue weighted by Gasteiger charge is 2.20. The van der Waals surface area contributed by atoms with Crippen molar-refractivity contribution in [1.82, 2.24) is 14.2 Å². The summed E-state index contributed by atoms with van der Waals surface area (Å²) in [4.78, 5) is 12.1. The predicted molar refractivity (Wildman–Crippen MR) is 93.6 cm³/mol. The summed E-state index contributed by atoms with van der Waals surface area (Å²) in [5.74, 6) is 0.944. The van der Waals surface area contributed by atoms with Crippen molar-refractivity contribution in [3.8, 4) is 5.75 Å². The number of rotatable bonds is 5. The summed E-state index contributed by atoms with van der Waals surface area (Å²) >= 11 is 0. The molecule has 0 spiro atoms. The molecule has 0 atom stereocenters. The second kappa shape index (κ2) is 6.25. The first kappa shape index (κ1) is 17.0. The van der Waals surface area contributed by atoms with Crippen LogP contribution < -0.4 is 15.0 Å². The fourth-order valence-corrected chi connectivity index (χ4v) is 3.62. The molecule has 0 radical (unpaired) electrons. The second-order valence-corrected chi connectivity index (χ2v) is 7.12. The molecular weight excluding hydrogens is 344 g/mol. The van der Waals surface area contributed by atoms with Gasteiger partial charge >= 0.3 is 0 Å². The monoisotopic (exact) mass is 362 g/mol. The molecule has 132 valence electrons. The number of aryl methyl sites for hydroxylation is 2. The molecule has 0 fully saturated rings. The van der Waals surface area contributed by atoms with Gasteiger partial charge in [0.15, 0.2) is 0 Å². The van der Waals surface area contributed by atoms with Gasteiger partial charge in [0.05, 0.1) is 12.3 Å². The molecule has 9 heteroatoms. The van der Waals surface area contributed by atoms with Crippen LogP contribution in [0.2, 0.25) is 0 Å². The van der Waals surface area contributed by atoms with E-state index in [2.05, 4.69) is 9.82 Å². The van der Waals surface area contributed by atoms with Gasteiger partial charge in [-0.1, -0.05) is 12.1 Å². The van der Waals surface area contributed by atoms with E-state index in [0.717, 1.165) is 0 Å². The minimum absolute atomic E-state index is 0.0213. The number of aromatic nitrogens is 3.